The predicted octanol–water partition coefficient (Wildman–Crippen LogP) is 1.91. The van der Waals surface area contributed by atoms with Crippen LogP contribution in [0.3, 0.4) is 0 Å². The van der Waals surface area contributed by atoms with Gasteiger partial charge in [-0.3, -0.25) is 9.59 Å². The van der Waals surface area contributed by atoms with Gasteiger partial charge in [-0.2, -0.15) is 0 Å². The molecule has 0 spiro atoms. The van der Waals surface area contributed by atoms with Crippen LogP contribution in [0, 0.1) is 18.8 Å². The standard InChI is InChI=1S/C13H14N2O2/c1-7-2-5-10-11(6-7)15-13(17)9-4-3-8(9)12(16)14-10/h2,5-6,8-9H,3-4H2,1H3,(H,14,16)(H,15,17). The van der Waals surface area contributed by atoms with Gasteiger partial charge in [0, 0.05) is 11.8 Å². The van der Waals surface area contributed by atoms with Gasteiger partial charge in [0.1, 0.15) is 0 Å². The van der Waals surface area contributed by atoms with Crippen LogP contribution in [-0.4, -0.2) is 11.8 Å². The maximum Gasteiger partial charge on any atom is 0.228 e. The second kappa shape index (κ2) is 3.58. The molecule has 1 heterocycles. The fourth-order valence-electron chi connectivity index (χ4n) is 2.45. The van der Waals surface area contributed by atoms with E-state index in [4.69, 9.17) is 0 Å². The van der Waals surface area contributed by atoms with Crippen LogP contribution in [0.15, 0.2) is 18.2 Å². The van der Waals surface area contributed by atoms with Gasteiger partial charge in [-0.25, -0.2) is 0 Å². The summed E-state index contributed by atoms with van der Waals surface area (Å²) < 4.78 is 0. The maximum absolute atomic E-state index is 12.0. The van der Waals surface area contributed by atoms with Crippen molar-refractivity contribution in [2.75, 3.05) is 10.6 Å². The number of hydrogen-bond donors (Lipinski definition) is 2. The monoisotopic (exact) mass is 230 g/mol. The Morgan fingerprint density at radius 3 is 2.18 bits per heavy atom. The third-order valence-electron chi connectivity index (χ3n) is 3.64. The van der Waals surface area contributed by atoms with E-state index >= 15 is 0 Å². The molecule has 0 aromatic heterocycles. The van der Waals surface area contributed by atoms with Gasteiger partial charge in [0.05, 0.1) is 11.4 Å². The van der Waals surface area contributed by atoms with E-state index in [0.29, 0.717) is 11.4 Å². The number of hydrogen-bond acceptors (Lipinski definition) is 2. The lowest BCUT2D eigenvalue weighted by molar-refractivity contribution is -0.134. The zero-order valence-corrected chi connectivity index (χ0v) is 9.62. The van der Waals surface area contributed by atoms with Crippen LogP contribution in [0.2, 0.25) is 0 Å². The number of carbonyl (C=O) groups excluding carboxylic acids is 2. The molecule has 0 radical (unpaired) electrons. The van der Waals surface area contributed by atoms with Crippen molar-refractivity contribution in [3.05, 3.63) is 23.8 Å². The Hall–Kier alpha value is -1.84. The molecular weight excluding hydrogens is 216 g/mol. The lowest BCUT2D eigenvalue weighted by Gasteiger charge is -2.36. The van der Waals surface area contributed by atoms with E-state index in [1.807, 2.05) is 25.1 Å². The fourth-order valence-corrected chi connectivity index (χ4v) is 2.45. The lowest BCUT2D eigenvalue weighted by Crippen LogP contribution is -2.45. The molecule has 0 bridgehead atoms. The van der Waals surface area contributed by atoms with E-state index in [9.17, 15) is 9.59 Å². The van der Waals surface area contributed by atoms with Gasteiger partial charge >= 0.3 is 0 Å². The minimum Gasteiger partial charge on any atom is -0.324 e. The number of fused-ring (bicyclic) bond motifs is 2. The summed E-state index contributed by atoms with van der Waals surface area (Å²) in [5, 5.41) is 5.79. The van der Waals surface area contributed by atoms with Crippen LogP contribution in [-0.2, 0) is 9.59 Å². The van der Waals surface area contributed by atoms with Crippen LogP contribution >= 0.6 is 0 Å². The topological polar surface area (TPSA) is 58.2 Å². The van der Waals surface area contributed by atoms with Crippen molar-refractivity contribution in [2.24, 2.45) is 11.8 Å². The Bertz CT molecular complexity index is 510. The highest BCUT2D eigenvalue weighted by atomic mass is 16.2. The molecule has 4 heteroatoms. The van der Waals surface area contributed by atoms with Gasteiger partial charge in [-0.05, 0) is 37.5 Å². The van der Waals surface area contributed by atoms with Crippen LogP contribution in [0.25, 0.3) is 0 Å². The summed E-state index contributed by atoms with van der Waals surface area (Å²) in [5.41, 5.74) is 2.46. The summed E-state index contributed by atoms with van der Waals surface area (Å²) in [7, 11) is 0. The Morgan fingerprint density at radius 2 is 1.59 bits per heavy atom. The molecule has 2 N–H and O–H groups in total. The van der Waals surface area contributed by atoms with Crippen molar-refractivity contribution in [3.8, 4) is 0 Å². The highest BCUT2D eigenvalue weighted by Gasteiger charge is 2.42. The Labute approximate surface area is 99.4 Å². The average molecular weight is 230 g/mol. The molecule has 88 valence electrons. The van der Waals surface area contributed by atoms with Gasteiger partial charge in [0.15, 0.2) is 0 Å². The zero-order chi connectivity index (χ0) is 12.0. The quantitative estimate of drug-likeness (QED) is 0.715. The predicted molar refractivity (Wildman–Crippen MR) is 64.7 cm³/mol. The van der Waals surface area contributed by atoms with Gasteiger partial charge in [0.2, 0.25) is 11.8 Å². The summed E-state index contributed by atoms with van der Waals surface area (Å²) >= 11 is 0. The van der Waals surface area contributed by atoms with E-state index in [-0.39, 0.29) is 23.7 Å². The maximum atomic E-state index is 12.0. The Kier molecular flexibility index (Phi) is 2.18. The number of carbonyl (C=O) groups is 2. The molecule has 17 heavy (non-hydrogen) atoms. The van der Waals surface area contributed by atoms with Crippen molar-refractivity contribution >= 4 is 23.2 Å². The fraction of sp³-hybridized carbons (Fsp3) is 0.385. The summed E-state index contributed by atoms with van der Waals surface area (Å²) in [5.74, 6) is -0.350. The average Bonchev–Trinajstić information content (AvgIpc) is 2.19. The van der Waals surface area contributed by atoms with Crippen LogP contribution in [0.1, 0.15) is 18.4 Å². The molecular formula is C13H14N2O2. The van der Waals surface area contributed by atoms with Gasteiger partial charge < -0.3 is 10.6 Å². The number of amides is 2. The number of anilines is 2. The second-order valence-electron chi connectivity index (χ2n) is 4.82. The molecule has 2 unspecified atom stereocenters. The lowest BCUT2D eigenvalue weighted by atomic mass is 9.72. The molecule has 1 aliphatic carbocycles. The molecule has 0 saturated heterocycles. The summed E-state index contributed by atoms with van der Waals surface area (Å²) in [6.07, 6.45) is 1.62. The van der Waals surface area contributed by atoms with E-state index in [2.05, 4.69) is 10.6 Å². The SMILES string of the molecule is Cc1ccc2c(c1)NC(=O)C1CCC1C(=O)N2. The van der Waals surface area contributed by atoms with Crippen molar-refractivity contribution in [1.29, 1.82) is 0 Å². The van der Waals surface area contributed by atoms with Gasteiger partial charge in [-0.15, -0.1) is 0 Å². The summed E-state index contributed by atoms with van der Waals surface area (Å²) in [4.78, 5) is 23.9. The van der Waals surface area contributed by atoms with Gasteiger partial charge in [0.25, 0.3) is 0 Å². The van der Waals surface area contributed by atoms with Crippen molar-refractivity contribution in [2.45, 2.75) is 19.8 Å². The van der Waals surface area contributed by atoms with Crippen LogP contribution < -0.4 is 10.6 Å². The van der Waals surface area contributed by atoms with E-state index < -0.39 is 0 Å². The molecule has 3 rings (SSSR count). The molecule has 2 amide bonds. The number of rotatable bonds is 0. The molecule has 2 atom stereocenters. The van der Waals surface area contributed by atoms with Crippen LogP contribution in [0.5, 0.6) is 0 Å². The molecule has 1 aromatic rings. The number of aryl methyl sites for hydroxylation is 1. The van der Waals surface area contributed by atoms with E-state index in [1.165, 1.54) is 0 Å². The van der Waals surface area contributed by atoms with Crippen molar-refractivity contribution in [1.82, 2.24) is 0 Å². The largest absolute Gasteiger partial charge is 0.324 e. The molecule has 1 aliphatic heterocycles. The summed E-state index contributed by atoms with van der Waals surface area (Å²) in [6.45, 7) is 1.96. The molecule has 1 aromatic carbocycles. The Morgan fingerprint density at radius 1 is 1.00 bits per heavy atom. The van der Waals surface area contributed by atoms with Gasteiger partial charge in [-0.1, -0.05) is 6.07 Å². The molecule has 1 fully saturated rings. The minimum absolute atomic E-state index is 0.0250. The first kappa shape index (κ1) is 10.3. The highest BCUT2D eigenvalue weighted by Crippen LogP contribution is 2.39. The normalized spacial score (nSPS) is 26.6. The van der Waals surface area contributed by atoms with E-state index in [1.54, 1.807) is 0 Å². The third kappa shape index (κ3) is 1.60. The third-order valence-corrected chi connectivity index (χ3v) is 3.64. The smallest absolute Gasteiger partial charge is 0.228 e. The summed E-state index contributed by atoms with van der Waals surface area (Å²) in [6, 6.07) is 5.64. The Balaban J connectivity index is 2.02. The zero-order valence-electron chi connectivity index (χ0n) is 9.62. The van der Waals surface area contributed by atoms with E-state index in [0.717, 1.165) is 18.4 Å². The molecule has 4 nitrogen and oxygen atoms in total. The highest BCUT2D eigenvalue weighted by molar-refractivity contribution is 6.06. The number of nitrogens with one attached hydrogen (secondary N) is 2. The van der Waals surface area contributed by atoms with Crippen molar-refractivity contribution < 1.29 is 9.59 Å². The van der Waals surface area contributed by atoms with Crippen molar-refractivity contribution in [3.63, 3.8) is 0 Å². The minimum atomic E-state index is -0.149. The first-order valence-corrected chi connectivity index (χ1v) is 5.87. The molecule has 1 saturated carbocycles. The first-order chi connectivity index (χ1) is 8.15. The first-order valence-electron chi connectivity index (χ1n) is 5.87. The van der Waals surface area contributed by atoms with Crippen LogP contribution in [0.4, 0.5) is 11.4 Å². The number of benzene rings is 1. The molecule has 2 aliphatic rings. The second-order valence-corrected chi connectivity index (χ2v) is 4.82.